The van der Waals surface area contributed by atoms with E-state index in [-0.39, 0.29) is 16.9 Å². The highest BCUT2D eigenvalue weighted by atomic mass is 35.5. The molecule has 1 aromatic carbocycles. The third-order valence-electron chi connectivity index (χ3n) is 6.69. The van der Waals surface area contributed by atoms with Crippen LogP contribution in [0.15, 0.2) is 18.2 Å². The third-order valence-corrected chi connectivity index (χ3v) is 7.00. The smallest absolute Gasteiger partial charge is 0.142 e. The van der Waals surface area contributed by atoms with Gasteiger partial charge in [-0.3, -0.25) is 0 Å². The minimum atomic E-state index is -0.331. The summed E-state index contributed by atoms with van der Waals surface area (Å²) >= 11 is 5.77. The molecule has 0 aromatic heterocycles. The summed E-state index contributed by atoms with van der Waals surface area (Å²) in [7, 11) is 0. The van der Waals surface area contributed by atoms with Crippen LogP contribution < -0.4 is 5.32 Å². The Bertz CT molecular complexity index is 556. The molecule has 0 radical (unpaired) electrons. The molecule has 21 heavy (non-hydrogen) atoms. The van der Waals surface area contributed by atoms with Crippen molar-refractivity contribution in [1.29, 1.82) is 0 Å². The fraction of sp³-hybridized carbons (Fsp3) is 0.667. The molecule has 1 N–H and O–H groups in total. The van der Waals surface area contributed by atoms with E-state index in [0.29, 0.717) is 16.9 Å². The summed E-state index contributed by atoms with van der Waals surface area (Å²) in [4.78, 5) is 0. The van der Waals surface area contributed by atoms with E-state index in [1.54, 1.807) is 12.1 Å². The number of fused-ring (bicyclic) bond motifs is 2. The quantitative estimate of drug-likeness (QED) is 0.794. The van der Waals surface area contributed by atoms with Crippen LogP contribution in [0.1, 0.15) is 58.6 Å². The SMILES string of the molecule is CC(NC1CC2CCC1(C)C2(C)C)c1ccc(Cl)c(F)c1. The normalized spacial score (nSPS) is 35.1. The molecule has 4 atom stereocenters. The minimum absolute atomic E-state index is 0.147. The lowest BCUT2D eigenvalue weighted by molar-refractivity contribution is 0.116. The van der Waals surface area contributed by atoms with Crippen molar-refractivity contribution in [3.63, 3.8) is 0 Å². The summed E-state index contributed by atoms with van der Waals surface area (Å²) in [6.07, 6.45) is 3.89. The Labute approximate surface area is 132 Å². The zero-order valence-electron chi connectivity index (χ0n) is 13.3. The van der Waals surface area contributed by atoms with Crippen LogP contribution in [-0.4, -0.2) is 6.04 Å². The van der Waals surface area contributed by atoms with Crippen molar-refractivity contribution in [2.24, 2.45) is 16.7 Å². The third kappa shape index (κ3) is 2.22. The van der Waals surface area contributed by atoms with Crippen LogP contribution in [0, 0.1) is 22.6 Å². The van der Waals surface area contributed by atoms with Gasteiger partial charge in [0.2, 0.25) is 0 Å². The summed E-state index contributed by atoms with van der Waals surface area (Å²) in [5.41, 5.74) is 1.72. The Hall–Kier alpha value is -0.600. The van der Waals surface area contributed by atoms with Crippen LogP contribution in [0.2, 0.25) is 5.02 Å². The van der Waals surface area contributed by atoms with Gasteiger partial charge in [-0.2, -0.15) is 0 Å². The summed E-state index contributed by atoms with van der Waals surface area (Å²) in [5, 5.41) is 3.95. The Morgan fingerprint density at radius 1 is 1.33 bits per heavy atom. The van der Waals surface area contributed by atoms with E-state index in [0.717, 1.165) is 11.5 Å². The van der Waals surface area contributed by atoms with Crippen molar-refractivity contribution >= 4 is 11.6 Å². The number of hydrogen-bond donors (Lipinski definition) is 1. The van der Waals surface area contributed by atoms with E-state index in [2.05, 4.69) is 33.0 Å². The Morgan fingerprint density at radius 2 is 2.05 bits per heavy atom. The fourth-order valence-corrected chi connectivity index (χ4v) is 4.75. The Morgan fingerprint density at radius 3 is 2.57 bits per heavy atom. The summed E-state index contributed by atoms with van der Waals surface area (Å²) in [5.74, 6) is 0.483. The minimum Gasteiger partial charge on any atom is -0.307 e. The zero-order chi connectivity index (χ0) is 15.4. The van der Waals surface area contributed by atoms with E-state index in [4.69, 9.17) is 11.6 Å². The van der Waals surface area contributed by atoms with Crippen LogP contribution in [0.3, 0.4) is 0 Å². The lowest BCUT2D eigenvalue weighted by atomic mass is 9.69. The summed E-state index contributed by atoms with van der Waals surface area (Å²) < 4.78 is 13.6. The maximum absolute atomic E-state index is 13.6. The monoisotopic (exact) mass is 309 g/mol. The second kappa shape index (κ2) is 4.96. The van der Waals surface area contributed by atoms with Crippen LogP contribution >= 0.6 is 11.6 Å². The molecule has 3 heteroatoms. The van der Waals surface area contributed by atoms with E-state index >= 15 is 0 Å². The second-order valence-electron chi connectivity index (χ2n) is 7.72. The van der Waals surface area contributed by atoms with Gasteiger partial charge in [0.25, 0.3) is 0 Å². The maximum Gasteiger partial charge on any atom is 0.142 e. The summed E-state index contributed by atoms with van der Waals surface area (Å²) in [6, 6.07) is 5.79. The molecule has 0 amide bonds. The van der Waals surface area contributed by atoms with Gasteiger partial charge in [0, 0.05) is 12.1 Å². The average Bonchev–Trinajstić information content (AvgIpc) is 2.75. The molecular weight excluding hydrogens is 285 g/mol. The average molecular weight is 310 g/mol. The van der Waals surface area contributed by atoms with Crippen molar-refractivity contribution in [2.75, 3.05) is 0 Å². The molecule has 2 aliphatic carbocycles. The Kier molecular flexibility index (Phi) is 3.61. The molecule has 0 spiro atoms. The van der Waals surface area contributed by atoms with Crippen molar-refractivity contribution < 1.29 is 4.39 Å². The van der Waals surface area contributed by atoms with Gasteiger partial charge in [0.05, 0.1) is 5.02 Å². The first kappa shape index (κ1) is 15.3. The van der Waals surface area contributed by atoms with E-state index in [1.165, 1.54) is 19.3 Å². The Balaban J connectivity index is 1.77. The number of benzene rings is 1. The molecule has 2 saturated carbocycles. The molecule has 0 heterocycles. The fourth-order valence-electron chi connectivity index (χ4n) is 4.64. The molecular formula is C18H25ClFN. The first-order chi connectivity index (χ1) is 9.75. The predicted octanol–water partition coefficient (Wildman–Crippen LogP) is 5.34. The van der Waals surface area contributed by atoms with Crippen molar-refractivity contribution in [1.82, 2.24) is 5.32 Å². The number of hydrogen-bond acceptors (Lipinski definition) is 1. The van der Waals surface area contributed by atoms with E-state index in [1.807, 2.05) is 6.07 Å². The number of nitrogens with one attached hydrogen (secondary N) is 1. The largest absolute Gasteiger partial charge is 0.307 e. The number of halogens is 2. The molecule has 2 aliphatic rings. The van der Waals surface area contributed by atoms with Crippen LogP contribution in [0.5, 0.6) is 0 Å². The highest BCUT2D eigenvalue weighted by Gasteiger charge is 2.61. The molecule has 2 fully saturated rings. The lowest BCUT2D eigenvalue weighted by Crippen LogP contribution is -2.45. The standard InChI is InChI=1S/C18H25ClFN/c1-11(12-5-6-14(19)15(20)9-12)21-16-10-13-7-8-18(16,4)17(13,2)3/h5-6,9,11,13,16,21H,7-8,10H2,1-4H3. The molecule has 0 saturated heterocycles. The van der Waals surface area contributed by atoms with Crippen molar-refractivity contribution in [3.8, 4) is 0 Å². The topological polar surface area (TPSA) is 12.0 Å². The van der Waals surface area contributed by atoms with Crippen LogP contribution in [0.25, 0.3) is 0 Å². The van der Waals surface area contributed by atoms with E-state index in [9.17, 15) is 4.39 Å². The maximum atomic E-state index is 13.6. The van der Waals surface area contributed by atoms with Gasteiger partial charge in [0.1, 0.15) is 5.82 Å². The highest BCUT2D eigenvalue weighted by Crippen LogP contribution is 2.65. The van der Waals surface area contributed by atoms with Gasteiger partial charge in [-0.15, -0.1) is 0 Å². The van der Waals surface area contributed by atoms with Gasteiger partial charge in [0.15, 0.2) is 0 Å². The van der Waals surface area contributed by atoms with Gasteiger partial charge < -0.3 is 5.32 Å². The van der Waals surface area contributed by atoms with Gasteiger partial charge >= 0.3 is 0 Å². The van der Waals surface area contributed by atoms with Crippen LogP contribution in [-0.2, 0) is 0 Å². The molecule has 116 valence electrons. The number of rotatable bonds is 3. The van der Waals surface area contributed by atoms with Gasteiger partial charge in [-0.25, -0.2) is 4.39 Å². The molecule has 1 aromatic rings. The van der Waals surface area contributed by atoms with Crippen molar-refractivity contribution in [2.45, 2.75) is 59.0 Å². The molecule has 0 aliphatic heterocycles. The van der Waals surface area contributed by atoms with Crippen molar-refractivity contribution in [3.05, 3.63) is 34.6 Å². The lowest BCUT2D eigenvalue weighted by Gasteiger charge is -2.40. The predicted molar refractivity (Wildman–Crippen MR) is 86.0 cm³/mol. The van der Waals surface area contributed by atoms with Gasteiger partial charge in [-0.05, 0) is 60.6 Å². The first-order valence-corrected chi connectivity index (χ1v) is 8.34. The summed E-state index contributed by atoms with van der Waals surface area (Å²) in [6.45, 7) is 9.37. The van der Waals surface area contributed by atoms with Gasteiger partial charge in [-0.1, -0.05) is 38.4 Å². The van der Waals surface area contributed by atoms with Crippen LogP contribution in [0.4, 0.5) is 4.39 Å². The molecule has 4 unspecified atom stereocenters. The highest BCUT2D eigenvalue weighted by molar-refractivity contribution is 6.30. The molecule has 3 rings (SSSR count). The zero-order valence-corrected chi connectivity index (χ0v) is 14.1. The second-order valence-corrected chi connectivity index (χ2v) is 8.13. The first-order valence-electron chi connectivity index (χ1n) is 7.97. The van der Waals surface area contributed by atoms with E-state index < -0.39 is 0 Å². The molecule has 2 bridgehead atoms. The molecule has 1 nitrogen and oxygen atoms in total.